The second kappa shape index (κ2) is 6.19. The molecule has 3 aromatic heterocycles. The summed E-state index contributed by atoms with van der Waals surface area (Å²) in [6.07, 6.45) is 1.95. The van der Waals surface area contributed by atoms with Crippen LogP contribution >= 0.6 is 0 Å². The SMILES string of the molecule is Cc1ccc(C(=O)Nc2c(-c3ccc(C)o3)nc3ccc(C)cn23)cc1. The highest BCUT2D eigenvalue weighted by Gasteiger charge is 2.19. The molecule has 4 aromatic rings. The van der Waals surface area contributed by atoms with Gasteiger partial charge in [0.15, 0.2) is 5.76 Å². The molecular weight excluding hydrogens is 326 g/mol. The summed E-state index contributed by atoms with van der Waals surface area (Å²) in [5.74, 6) is 1.84. The first-order valence-electron chi connectivity index (χ1n) is 8.45. The average molecular weight is 345 g/mol. The summed E-state index contributed by atoms with van der Waals surface area (Å²) in [5, 5.41) is 3.01. The van der Waals surface area contributed by atoms with Gasteiger partial charge in [-0.25, -0.2) is 4.98 Å². The molecule has 1 N–H and O–H groups in total. The fourth-order valence-electron chi connectivity index (χ4n) is 2.89. The van der Waals surface area contributed by atoms with E-state index in [0.29, 0.717) is 22.8 Å². The van der Waals surface area contributed by atoms with Crippen LogP contribution in [0.15, 0.2) is 59.1 Å². The first kappa shape index (κ1) is 16.1. The van der Waals surface area contributed by atoms with Crippen molar-refractivity contribution in [3.63, 3.8) is 0 Å². The fraction of sp³-hybridized carbons (Fsp3) is 0.143. The molecule has 0 saturated carbocycles. The van der Waals surface area contributed by atoms with Crippen molar-refractivity contribution in [3.8, 4) is 11.5 Å². The number of rotatable bonds is 3. The molecule has 1 amide bonds. The highest BCUT2D eigenvalue weighted by molar-refractivity contribution is 6.05. The van der Waals surface area contributed by atoms with Crippen molar-refractivity contribution in [2.45, 2.75) is 20.8 Å². The Hall–Kier alpha value is -3.34. The predicted octanol–water partition coefficient (Wildman–Crippen LogP) is 4.77. The molecule has 0 fully saturated rings. The quantitative estimate of drug-likeness (QED) is 0.582. The summed E-state index contributed by atoms with van der Waals surface area (Å²) in [5.41, 5.74) is 4.14. The Kier molecular flexibility index (Phi) is 3.84. The zero-order chi connectivity index (χ0) is 18.3. The number of hydrogen-bond acceptors (Lipinski definition) is 3. The maximum atomic E-state index is 12.8. The third-order valence-corrected chi connectivity index (χ3v) is 4.29. The number of nitrogens with zero attached hydrogens (tertiary/aromatic N) is 2. The standard InChI is InChI=1S/C21H19N3O2/c1-13-4-8-16(9-5-13)21(25)23-20-19(17-10-7-15(3)26-17)22-18-11-6-14(2)12-24(18)20/h4-12H,1-3H3,(H,23,25). The molecule has 0 atom stereocenters. The summed E-state index contributed by atoms with van der Waals surface area (Å²) < 4.78 is 7.63. The highest BCUT2D eigenvalue weighted by Crippen LogP contribution is 2.30. The minimum atomic E-state index is -0.183. The van der Waals surface area contributed by atoms with Crippen LogP contribution < -0.4 is 5.32 Å². The van der Waals surface area contributed by atoms with Crippen molar-refractivity contribution in [2.75, 3.05) is 5.32 Å². The van der Waals surface area contributed by atoms with Gasteiger partial charge in [-0.05, 0) is 56.7 Å². The van der Waals surface area contributed by atoms with E-state index in [2.05, 4.69) is 10.3 Å². The number of carbonyl (C=O) groups excluding carboxylic acids is 1. The van der Waals surface area contributed by atoms with Crippen molar-refractivity contribution in [3.05, 3.63) is 77.2 Å². The van der Waals surface area contributed by atoms with Crippen LogP contribution in [0.2, 0.25) is 0 Å². The smallest absolute Gasteiger partial charge is 0.256 e. The number of imidazole rings is 1. The van der Waals surface area contributed by atoms with Crippen molar-refractivity contribution >= 4 is 17.4 Å². The number of anilines is 1. The number of amides is 1. The predicted molar refractivity (Wildman–Crippen MR) is 102 cm³/mol. The Bertz CT molecular complexity index is 1100. The van der Waals surface area contributed by atoms with Gasteiger partial charge in [-0.3, -0.25) is 9.20 Å². The Morgan fingerprint density at radius 3 is 2.38 bits per heavy atom. The summed E-state index contributed by atoms with van der Waals surface area (Å²) in [7, 11) is 0. The van der Waals surface area contributed by atoms with Crippen LogP contribution in [0.4, 0.5) is 5.82 Å². The van der Waals surface area contributed by atoms with Crippen molar-refractivity contribution in [1.29, 1.82) is 0 Å². The molecule has 5 nitrogen and oxygen atoms in total. The van der Waals surface area contributed by atoms with Crippen LogP contribution in [-0.2, 0) is 0 Å². The number of hydrogen-bond donors (Lipinski definition) is 1. The fourth-order valence-corrected chi connectivity index (χ4v) is 2.89. The Labute approximate surface area is 151 Å². The Morgan fingerprint density at radius 1 is 0.962 bits per heavy atom. The third kappa shape index (κ3) is 2.88. The lowest BCUT2D eigenvalue weighted by molar-refractivity contribution is 0.102. The monoisotopic (exact) mass is 345 g/mol. The van der Waals surface area contributed by atoms with Gasteiger partial charge in [0, 0.05) is 11.8 Å². The summed E-state index contributed by atoms with van der Waals surface area (Å²) in [6.45, 7) is 5.88. The molecule has 130 valence electrons. The van der Waals surface area contributed by atoms with Gasteiger partial charge < -0.3 is 9.73 Å². The van der Waals surface area contributed by atoms with Crippen molar-refractivity contribution < 1.29 is 9.21 Å². The molecule has 0 spiro atoms. The summed E-state index contributed by atoms with van der Waals surface area (Å²) in [6, 6.07) is 15.1. The maximum absolute atomic E-state index is 12.8. The van der Waals surface area contributed by atoms with Crippen molar-refractivity contribution in [2.24, 2.45) is 0 Å². The normalized spacial score (nSPS) is 11.0. The average Bonchev–Trinajstić information content (AvgIpc) is 3.19. The van der Waals surface area contributed by atoms with Gasteiger partial charge in [0.1, 0.15) is 22.9 Å². The molecule has 5 heteroatoms. The number of carbonyl (C=O) groups is 1. The minimum Gasteiger partial charge on any atom is -0.460 e. The Morgan fingerprint density at radius 2 is 1.69 bits per heavy atom. The number of furan rings is 1. The van der Waals surface area contributed by atoms with Gasteiger partial charge in [0.25, 0.3) is 5.91 Å². The van der Waals surface area contributed by atoms with Crippen molar-refractivity contribution in [1.82, 2.24) is 9.38 Å². The molecule has 26 heavy (non-hydrogen) atoms. The van der Waals surface area contributed by atoms with Gasteiger partial charge in [-0.2, -0.15) is 0 Å². The lowest BCUT2D eigenvalue weighted by Crippen LogP contribution is -2.14. The molecule has 0 aliphatic heterocycles. The molecule has 0 saturated heterocycles. The maximum Gasteiger partial charge on any atom is 0.256 e. The summed E-state index contributed by atoms with van der Waals surface area (Å²) >= 11 is 0. The van der Waals surface area contributed by atoms with E-state index in [-0.39, 0.29) is 5.91 Å². The van der Waals surface area contributed by atoms with Gasteiger partial charge in [-0.1, -0.05) is 23.8 Å². The number of fused-ring (bicyclic) bond motifs is 1. The van der Waals surface area contributed by atoms with E-state index >= 15 is 0 Å². The molecule has 3 heterocycles. The zero-order valence-electron chi connectivity index (χ0n) is 14.9. The van der Waals surface area contributed by atoms with E-state index in [4.69, 9.17) is 4.42 Å². The number of aryl methyl sites for hydroxylation is 3. The van der Waals surface area contributed by atoms with E-state index in [9.17, 15) is 4.79 Å². The van der Waals surface area contributed by atoms with Crippen LogP contribution in [0, 0.1) is 20.8 Å². The first-order chi connectivity index (χ1) is 12.5. The first-order valence-corrected chi connectivity index (χ1v) is 8.45. The van der Waals surface area contributed by atoms with Crippen LogP contribution in [-0.4, -0.2) is 15.3 Å². The van der Waals surface area contributed by atoms with Gasteiger partial charge >= 0.3 is 0 Å². The van der Waals surface area contributed by atoms with E-state index in [0.717, 1.165) is 22.5 Å². The molecule has 0 aliphatic carbocycles. The summed E-state index contributed by atoms with van der Waals surface area (Å²) in [4.78, 5) is 17.4. The van der Waals surface area contributed by atoms with Crippen LogP contribution in [0.1, 0.15) is 27.2 Å². The molecular formula is C21H19N3O2. The number of pyridine rings is 1. The van der Waals surface area contributed by atoms with Crippen LogP contribution in [0.3, 0.4) is 0 Å². The number of benzene rings is 1. The molecule has 0 aliphatic rings. The third-order valence-electron chi connectivity index (χ3n) is 4.29. The molecule has 0 radical (unpaired) electrons. The van der Waals surface area contributed by atoms with Crippen LogP contribution in [0.5, 0.6) is 0 Å². The van der Waals surface area contributed by atoms with E-state index in [1.807, 2.05) is 79.9 Å². The van der Waals surface area contributed by atoms with Gasteiger partial charge in [0.2, 0.25) is 0 Å². The molecule has 4 rings (SSSR count). The highest BCUT2D eigenvalue weighted by atomic mass is 16.3. The molecule has 0 bridgehead atoms. The van der Waals surface area contributed by atoms with Crippen LogP contribution in [0.25, 0.3) is 17.1 Å². The van der Waals surface area contributed by atoms with Gasteiger partial charge in [-0.15, -0.1) is 0 Å². The van der Waals surface area contributed by atoms with E-state index in [1.165, 1.54) is 0 Å². The zero-order valence-corrected chi connectivity index (χ0v) is 14.9. The van der Waals surface area contributed by atoms with E-state index < -0.39 is 0 Å². The lowest BCUT2D eigenvalue weighted by atomic mass is 10.1. The number of nitrogens with one attached hydrogen (secondary N) is 1. The molecule has 0 unspecified atom stereocenters. The molecule has 1 aromatic carbocycles. The topological polar surface area (TPSA) is 59.5 Å². The number of aromatic nitrogens is 2. The lowest BCUT2D eigenvalue weighted by Gasteiger charge is -2.08. The second-order valence-electron chi connectivity index (χ2n) is 6.47. The Balaban J connectivity index is 1.82. The minimum absolute atomic E-state index is 0.183. The largest absolute Gasteiger partial charge is 0.460 e. The van der Waals surface area contributed by atoms with Gasteiger partial charge in [0.05, 0.1) is 0 Å². The van der Waals surface area contributed by atoms with E-state index in [1.54, 1.807) is 0 Å². The second-order valence-corrected chi connectivity index (χ2v) is 6.47.